The summed E-state index contributed by atoms with van der Waals surface area (Å²) >= 11 is 0. The van der Waals surface area contributed by atoms with E-state index in [4.69, 9.17) is 18.9 Å². The number of methoxy groups -OCH3 is 4. The first-order chi connectivity index (χ1) is 23.0. The van der Waals surface area contributed by atoms with Gasteiger partial charge in [-0.05, 0) is 83.3 Å². The van der Waals surface area contributed by atoms with Crippen molar-refractivity contribution >= 4 is 0 Å². The molecule has 8 nitrogen and oxygen atoms in total. The summed E-state index contributed by atoms with van der Waals surface area (Å²) in [6.45, 7) is 1.67. The largest absolute Gasteiger partial charge is 0.497 e. The molecule has 1 aliphatic carbocycles. The molecule has 2 unspecified atom stereocenters. The second-order valence-corrected chi connectivity index (χ2v) is 12.2. The summed E-state index contributed by atoms with van der Waals surface area (Å²) < 4.78 is 21.6. The molecule has 8 heteroatoms. The Kier molecular flexibility index (Phi) is 8.25. The van der Waals surface area contributed by atoms with Gasteiger partial charge in [0, 0.05) is 0 Å². The van der Waals surface area contributed by atoms with Gasteiger partial charge in [-0.3, -0.25) is 0 Å². The van der Waals surface area contributed by atoms with Gasteiger partial charge in [0.25, 0.3) is 0 Å². The fourth-order valence-electron chi connectivity index (χ4n) is 7.61. The molecule has 0 aromatic heterocycles. The average molecular weight is 649 g/mol. The number of aliphatic hydroxyl groups is 4. The zero-order valence-electron chi connectivity index (χ0n) is 27.5. The molecule has 0 radical (unpaired) electrons. The van der Waals surface area contributed by atoms with Crippen LogP contribution >= 0.6 is 0 Å². The Morgan fingerprint density at radius 3 is 0.896 bits per heavy atom. The van der Waals surface area contributed by atoms with Crippen LogP contribution in [0.5, 0.6) is 23.0 Å². The number of benzene rings is 5. The maximum Gasteiger partial charge on any atom is 0.147 e. The molecule has 248 valence electrons. The predicted octanol–water partition coefficient (Wildman–Crippen LogP) is 5.33. The van der Waals surface area contributed by atoms with Gasteiger partial charge in [0.2, 0.25) is 0 Å². The molecule has 0 saturated heterocycles. The van der Waals surface area contributed by atoms with Crippen molar-refractivity contribution in [3.05, 3.63) is 155 Å². The second kappa shape index (κ2) is 12.0. The lowest BCUT2D eigenvalue weighted by molar-refractivity contribution is -0.167. The molecule has 4 N–H and O–H groups in total. The van der Waals surface area contributed by atoms with E-state index >= 15 is 0 Å². The number of hydrogen-bond donors (Lipinski definition) is 4. The molecule has 0 spiro atoms. The minimum absolute atomic E-state index is 0.265. The van der Waals surface area contributed by atoms with Crippen molar-refractivity contribution < 1.29 is 39.4 Å². The molecule has 1 saturated carbocycles. The molecule has 6 rings (SSSR count). The highest BCUT2D eigenvalue weighted by Gasteiger charge is 2.97. The average Bonchev–Trinajstić information content (AvgIpc) is 3.59. The predicted molar refractivity (Wildman–Crippen MR) is 182 cm³/mol. The summed E-state index contributed by atoms with van der Waals surface area (Å²) in [5, 5.41) is 54.0. The summed E-state index contributed by atoms with van der Waals surface area (Å²) in [5.41, 5.74) is -9.78. The minimum atomic E-state index is -2.49. The first-order valence-electron chi connectivity index (χ1n) is 15.5. The zero-order chi connectivity index (χ0) is 34.4. The normalized spacial score (nSPS) is 22.1. The van der Waals surface area contributed by atoms with Crippen LogP contribution in [0.1, 0.15) is 34.7 Å². The third-order valence-corrected chi connectivity index (χ3v) is 10.3. The molecule has 0 amide bonds. The Morgan fingerprint density at radius 1 is 0.417 bits per heavy atom. The van der Waals surface area contributed by atoms with Crippen LogP contribution in [0.3, 0.4) is 0 Å². The molecule has 5 aromatic rings. The first kappa shape index (κ1) is 33.1. The van der Waals surface area contributed by atoms with Gasteiger partial charge in [-0.25, -0.2) is 0 Å². The van der Waals surface area contributed by atoms with Gasteiger partial charge in [-0.2, -0.15) is 0 Å². The van der Waals surface area contributed by atoms with Gasteiger partial charge >= 0.3 is 0 Å². The molecular weight excluding hydrogens is 608 g/mol. The van der Waals surface area contributed by atoms with Crippen LogP contribution in [-0.4, -0.2) is 60.1 Å². The topological polar surface area (TPSA) is 118 Å². The monoisotopic (exact) mass is 648 g/mol. The number of rotatable bonds is 11. The van der Waals surface area contributed by atoms with E-state index in [2.05, 4.69) is 0 Å². The van der Waals surface area contributed by atoms with Gasteiger partial charge in [0.05, 0.1) is 33.9 Å². The maximum absolute atomic E-state index is 13.6. The van der Waals surface area contributed by atoms with Crippen LogP contribution in [0.2, 0.25) is 0 Å². The van der Waals surface area contributed by atoms with Crippen LogP contribution in [0, 0.1) is 0 Å². The summed E-state index contributed by atoms with van der Waals surface area (Å²) in [7, 11) is 6.14. The Morgan fingerprint density at radius 2 is 0.667 bits per heavy atom. The lowest BCUT2D eigenvalue weighted by Crippen LogP contribution is -2.56. The van der Waals surface area contributed by atoms with Crippen molar-refractivity contribution in [2.45, 2.75) is 34.7 Å². The van der Waals surface area contributed by atoms with Gasteiger partial charge < -0.3 is 39.4 Å². The minimum Gasteiger partial charge on any atom is -0.497 e. The molecule has 0 aliphatic heterocycles. The zero-order valence-corrected chi connectivity index (χ0v) is 27.5. The molecule has 5 aromatic carbocycles. The van der Waals surface area contributed by atoms with Gasteiger partial charge in [0.1, 0.15) is 45.4 Å². The number of hydrogen-bond acceptors (Lipinski definition) is 8. The fraction of sp³-hybridized carbons (Fsp3) is 0.250. The fourth-order valence-corrected chi connectivity index (χ4v) is 7.61. The van der Waals surface area contributed by atoms with Crippen LogP contribution in [-0.2, 0) is 16.6 Å². The van der Waals surface area contributed by atoms with Gasteiger partial charge in [0.15, 0.2) is 0 Å². The standard InChI is InChI=1S/C40H40O8/c1-36(27-9-7-6-8-10-27)39(43,37(41,28-11-19-32(45-2)20-12-28)29-13-21-33(46-3)22-14-29)40(36,44)38(42,30-15-23-34(47-4)24-16-30)31-17-25-35(48-5)26-18-31/h6-26,41-44H,1-5H3. The van der Waals surface area contributed by atoms with Crippen molar-refractivity contribution in [3.8, 4) is 23.0 Å². The molecule has 2 atom stereocenters. The van der Waals surface area contributed by atoms with E-state index < -0.39 is 27.8 Å². The second-order valence-electron chi connectivity index (χ2n) is 12.2. The summed E-state index contributed by atoms with van der Waals surface area (Å²) in [5.74, 6) is 2.14. The van der Waals surface area contributed by atoms with Crippen molar-refractivity contribution in [1.82, 2.24) is 0 Å². The first-order valence-corrected chi connectivity index (χ1v) is 15.5. The van der Waals surface area contributed by atoms with E-state index in [0.29, 0.717) is 28.6 Å². The van der Waals surface area contributed by atoms with E-state index in [1.807, 2.05) is 6.07 Å². The lowest BCUT2D eigenvalue weighted by Gasteiger charge is -2.42. The van der Waals surface area contributed by atoms with Gasteiger partial charge in [-0.15, -0.1) is 0 Å². The summed E-state index contributed by atoms with van der Waals surface area (Å²) in [6, 6.07) is 35.5. The van der Waals surface area contributed by atoms with Crippen molar-refractivity contribution in [2.75, 3.05) is 28.4 Å². The van der Waals surface area contributed by atoms with Crippen molar-refractivity contribution in [1.29, 1.82) is 0 Å². The van der Waals surface area contributed by atoms with Crippen LogP contribution in [0.15, 0.2) is 127 Å². The Bertz CT molecular complexity index is 1640. The Hall–Kier alpha value is -4.86. The third kappa shape index (κ3) is 4.30. The highest BCUT2D eigenvalue weighted by atomic mass is 16.5. The molecule has 48 heavy (non-hydrogen) atoms. The van der Waals surface area contributed by atoms with E-state index in [0.717, 1.165) is 0 Å². The van der Waals surface area contributed by atoms with Crippen LogP contribution in [0.4, 0.5) is 0 Å². The van der Waals surface area contributed by atoms with Crippen molar-refractivity contribution in [3.63, 3.8) is 0 Å². The smallest absolute Gasteiger partial charge is 0.147 e. The molecule has 1 fully saturated rings. The van der Waals surface area contributed by atoms with E-state index in [9.17, 15) is 20.4 Å². The quantitative estimate of drug-likeness (QED) is 0.152. The van der Waals surface area contributed by atoms with E-state index in [1.165, 1.54) is 28.4 Å². The highest BCUT2D eigenvalue weighted by Crippen LogP contribution is 2.78. The molecule has 0 bridgehead atoms. The summed E-state index contributed by atoms with van der Waals surface area (Å²) in [4.78, 5) is 0. The molecule has 0 heterocycles. The highest BCUT2D eigenvalue weighted by molar-refractivity contribution is 5.65. The van der Waals surface area contributed by atoms with Crippen LogP contribution < -0.4 is 18.9 Å². The molecular formula is C40H40O8. The number of ether oxygens (including phenoxy) is 4. The SMILES string of the molecule is COc1ccc(C(O)(c2ccc(OC)cc2)C2(O)C(C)(c3ccccc3)C2(O)C(O)(c2ccc(OC)cc2)c2ccc(OC)cc2)cc1. The maximum atomic E-state index is 13.6. The van der Waals surface area contributed by atoms with Crippen LogP contribution in [0.25, 0.3) is 0 Å². The van der Waals surface area contributed by atoms with Gasteiger partial charge in [-0.1, -0.05) is 78.9 Å². The lowest BCUT2D eigenvalue weighted by atomic mass is 9.72. The van der Waals surface area contributed by atoms with E-state index in [-0.39, 0.29) is 22.3 Å². The third-order valence-electron chi connectivity index (χ3n) is 10.3. The van der Waals surface area contributed by atoms with Crippen molar-refractivity contribution in [2.24, 2.45) is 0 Å². The van der Waals surface area contributed by atoms with E-state index in [1.54, 1.807) is 128 Å². The molecule has 1 aliphatic rings. The Labute approximate surface area is 280 Å². The Balaban J connectivity index is 1.72. The summed E-state index contributed by atoms with van der Waals surface area (Å²) in [6.07, 6.45) is 0.